The molecule has 0 saturated carbocycles. The summed E-state index contributed by atoms with van der Waals surface area (Å²) < 4.78 is 4.43. The maximum Gasteiger partial charge on any atom is 0.328 e. The number of esters is 1. The molecule has 0 aromatic carbocycles. The van der Waals surface area contributed by atoms with Gasteiger partial charge in [-0.1, -0.05) is 6.92 Å². The largest absolute Gasteiger partial charge is 0.467 e. The van der Waals surface area contributed by atoms with Crippen molar-refractivity contribution in [3.63, 3.8) is 0 Å². The average Bonchev–Trinajstić information content (AvgIpc) is 2.14. The first-order chi connectivity index (χ1) is 6.02. The van der Waals surface area contributed by atoms with Crippen LogP contribution in [-0.4, -0.2) is 31.1 Å². The van der Waals surface area contributed by atoms with E-state index < -0.39 is 18.1 Å². The van der Waals surface area contributed by atoms with Crippen molar-refractivity contribution in [2.24, 2.45) is 5.73 Å². The third-order valence-electron chi connectivity index (χ3n) is 1.69. The second-order valence-corrected chi connectivity index (χ2v) is 2.77. The predicted molar refractivity (Wildman–Crippen MR) is 55.1 cm³/mol. The van der Waals surface area contributed by atoms with E-state index in [0.29, 0.717) is 6.42 Å². The molecule has 0 saturated heterocycles. The average molecular weight is 225 g/mol. The Morgan fingerprint density at radius 3 is 2.36 bits per heavy atom. The van der Waals surface area contributed by atoms with E-state index in [1.54, 1.807) is 13.8 Å². The minimum Gasteiger partial charge on any atom is -0.467 e. The lowest BCUT2D eigenvalue weighted by Crippen LogP contribution is -2.47. The quantitative estimate of drug-likeness (QED) is 0.650. The number of amides is 1. The van der Waals surface area contributed by atoms with Crippen LogP contribution in [0.2, 0.25) is 0 Å². The van der Waals surface area contributed by atoms with Gasteiger partial charge in [-0.15, -0.1) is 12.4 Å². The zero-order valence-corrected chi connectivity index (χ0v) is 9.39. The Morgan fingerprint density at radius 1 is 1.50 bits per heavy atom. The van der Waals surface area contributed by atoms with Gasteiger partial charge < -0.3 is 15.8 Å². The molecule has 5 nitrogen and oxygen atoms in total. The number of hydrogen-bond acceptors (Lipinski definition) is 4. The van der Waals surface area contributed by atoms with E-state index in [1.165, 1.54) is 7.11 Å². The Kier molecular flexibility index (Phi) is 8.48. The third kappa shape index (κ3) is 5.04. The topological polar surface area (TPSA) is 81.4 Å². The van der Waals surface area contributed by atoms with Crippen LogP contribution in [0.25, 0.3) is 0 Å². The molecule has 84 valence electrons. The molecule has 3 N–H and O–H groups in total. The summed E-state index contributed by atoms with van der Waals surface area (Å²) in [5.41, 5.74) is 5.44. The molecule has 0 heterocycles. The molecular formula is C8H17ClN2O3. The van der Waals surface area contributed by atoms with Crippen LogP contribution in [-0.2, 0) is 14.3 Å². The van der Waals surface area contributed by atoms with Gasteiger partial charge in [-0.2, -0.15) is 0 Å². The number of methoxy groups -OCH3 is 1. The van der Waals surface area contributed by atoms with Gasteiger partial charge in [0, 0.05) is 0 Å². The molecule has 0 aromatic heterocycles. The monoisotopic (exact) mass is 224 g/mol. The van der Waals surface area contributed by atoms with Gasteiger partial charge in [-0.05, 0) is 13.3 Å². The van der Waals surface area contributed by atoms with Gasteiger partial charge in [-0.3, -0.25) is 4.79 Å². The zero-order valence-electron chi connectivity index (χ0n) is 8.57. The van der Waals surface area contributed by atoms with Crippen LogP contribution in [0.4, 0.5) is 0 Å². The van der Waals surface area contributed by atoms with Crippen LogP contribution < -0.4 is 11.1 Å². The van der Waals surface area contributed by atoms with Crippen molar-refractivity contribution < 1.29 is 14.3 Å². The van der Waals surface area contributed by atoms with Crippen molar-refractivity contribution in [1.82, 2.24) is 5.32 Å². The smallest absolute Gasteiger partial charge is 0.328 e. The van der Waals surface area contributed by atoms with Crippen LogP contribution in [0.1, 0.15) is 20.3 Å². The first-order valence-electron chi connectivity index (χ1n) is 4.16. The second-order valence-electron chi connectivity index (χ2n) is 2.77. The van der Waals surface area contributed by atoms with Crippen molar-refractivity contribution in [2.45, 2.75) is 32.4 Å². The highest BCUT2D eigenvalue weighted by Crippen LogP contribution is 1.90. The zero-order chi connectivity index (χ0) is 10.4. The molecule has 0 fully saturated rings. The van der Waals surface area contributed by atoms with Gasteiger partial charge in [0.05, 0.1) is 13.2 Å². The lowest BCUT2D eigenvalue weighted by atomic mass is 10.2. The van der Waals surface area contributed by atoms with Gasteiger partial charge in [0.2, 0.25) is 5.91 Å². The van der Waals surface area contributed by atoms with Gasteiger partial charge in [0.25, 0.3) is 0 Å². The number of rotatable bonds is 4. The predicted octanol–water partition coefficient (Wildman–Crippen LogP) is -0.177. The van der Waals surface area contributed by atoms with Gasteiger partial charge in [0.15, 0.2) is 0 Å². The molecule has 14 heavy (non-hydrogen) atoms. The molecule has 2 atom stereocenters. The summed E-state index contributed by atoms with van der Waals surface area (Å²) in [4.78, 5) is 22.0. The van der Waals surface area contributed by atoms with Gasteiger partial charge in [-0.25, -0.2) is 4.79 Å². The minimum atomic E-state index is -0.643. The molecule has 0 aromatic rings. The Morgan fingerprint density at radius 2 is 2.00 bits per heavy atom. The van der Waals surface area contributed by atoms with Crippen molar-refractivity contribution in [2.75, 3.05) is 7.11 Å². The van der Waals surface area contributed by atoms with Crippen LogP contribution in [0, 0.1) is 0 Å². The van der Waals surface area contributed by atoms with Crippen LogP contribution >= 0.6 is 12.4 Å². The number of nitrogens with one attached hydrogen (secondary N) is 1. The maximum atomic E-state index is 11.2. The first kappa shape index (κ1) is 15.7. The molecule has 0 bridgehead atoms. The van der Waals surface area contributed by atoms with E-state index in [9.17, 15) is 9.59 Å². The summed E-state index contributed by atoms with van der Waals surface area (Å²) in [7, 11) is 1.27. The van der Waals surface area contributed by atoms with E-state index in [0.717, 1.165) is 0 Å². The Hall–Kier alpha value is -0.810. The summed E-state index contributed by atoms with van der Waals surface area (Å²) in [5, 5.41) is 2.44. The summed E-state index contributed by atoms with van der Waals surface area (Å²) in [6.07, 6.45) is 0.541. The summed E-state index contributed by atoms with van der Waals surface area (Å²) in [6, 6.07) is -1.21. The van der Waals surface area contributed by atoms with Crippen LogP contribution in [0.5, 0.6) is 0 Å². The standard InChI is InChI=1S/C8H16N2O3.ClH/c1-4-6(9)7(11)10-5(2)8(12)13-3;/h5-6H,4,9H2,1-3H3,(H,10,11);1H/t5-,6?;/m0./s1. The summed E-state index contributed by atoms with van der Waals surface area (Å²) in [6.45, 7) is 3.35. The molecule has 0 spiro atoms. The Labute approximate surface area is 89.8 Å². The SMILES string of the molecule is CCC(N)C(=O)N[C@@H](C)C(=O)OC.Cl. The fourth-order valence-corrected chi connectivity index (χ4v) is 0.742. The summed E-state index contributed by atoms with van der Waals surface area (Å²) >= 11 is 0. The minimum absolute atomic E-state index is 0. The number of halogens is 1. The van der Waals surface area contributed by atoms with E-state index in [1.807, 2.05) is 0 Å². The number of ether oxygens (including phenoxy) is 1. The molecule has 0 rings (SSSR count). The highest BCUT2D eigenvalue weighted by atomic mass is 35.5. The lowest BCUT2D eigenvalue weighted by Gasteiger charge is -2.14. The number of hydrogen-bond donors (Lipinski definition) is 2. The summed E-state index contributed by atoms with van der Waals surface area (Å²) in [5.74, 6) is -0.808. The molecule has 0 aliphatic heterocycles. The van der Waals surface area contributed by atoms with E-state index in [4.69, 9.17) is 5.73 Å². The molecule has 0 aliphatic rings. The van der Waals surface area contributed by atoms with Crippen LogP contribution in [0.3, 0.4) is 0 Å². The highest BCUT2D eigenvalue weighted by molar-refractivity contribution is 5.87. The normalized spacial score (nSPS) is 13.4. The molecular weight excluding hydrogens is 208 g/mol. The molecule has 1 unspecified atom stereocenters. The number of carbonyl (C=O) groups excluding carboxylic acids is 2. The van der Waals surface area contributed by atoms with Crippen molar-refractivity contribution in [3.8, 4) is 0 Å². The number of carbonyl (C=O) groups is 2. The van der Waals surface area contributed by atoms with E-state index in [-0.39, 0.29) is 18.3 Å². The Bertz CT molecular complexity index is 199. The molecule has 6 heteroatoms. The van der Waals surface area contributed by atoms with Crippen molar-refractivity contribution >= 4 is 24.3 Å². The van der Waals surface area contributed by atoms with Crippen molar-refractivity contribution in [3.05, 3.63) is 0 Å². The van der Waals surface area contributed by atoms with E-state index in [2.05, 4.69) is 10.1 Å². The fourth-order valence-electron chi connectivity index (χ4n) is 0.742. The molecule has 0 aliphatic carbocycles. The molecule has 1 amide bonds. The lowest BCUT2D eigenvalue weighted by molar-refractivity contribution is -0.144. The number of nitrogens with two attached hydrogens (primary N) is 1. The highest BCUT2D eigenvalue weighted by Gasteiger charge is 2.18. The fraction of sp³-hybridized carbons (Fsp3) is 0.750. The second kappa shape index (κ2) is 7.58. The van der Waals surface area contributed by atoms with Gasteiger partial charge >= 0.3 is 5.97 Å². The third-order valence-corrected chi connectivity index (χ3v) is 1.69. The maximum absolute atomic E-state index is 11.2. The Balaban J connectivity index is 0. The first-order valence-corrected chi connectivity index (χ1v) is 4.16. The van der Waals surface area contributed by atoms with Crippen molar-refractivity contribution in [1.29, 1.82) is 0 Å². The van der Waals surface area contributed by atoms with Crippen LogP contribution in [0.15, 0.2) is 0 Å². The van der Waals surface area contributed by atoms with E-state index >= 15 is 0 Å². The van der Waals surface area contributed by atoms with Gasteiger partial charge in [0.1, 0.15) is 6.04 Å². The molecule has 0 radical (unpaired) electrons.